The van der Waals surface area contributed by atoms with Crippen LogP contribution in [-0.2, 0) is 0 Å². The van der Waals surface area contributed by atoms with Crippen LogP contribution < -0.4 is 10.2 Å². The molecule has 1 aromatic rings. The van der Waals surface area contributed by atoms with Gasteiger partial charge in [-0.25, -0.2) is 0 Å². The third-order valence-electron chi connectivity index (χ3n) is 2.55. The van der Waals surface area contributed by atoms with Gasteiger partial charge in [0.2, 0.25) is 0 Å². The minimum atomic E-state index is 0.717. The molecule has 1 N–H and O–H groups in total. The Bertz CT molecular complexity index is 379. The molecule has 1 aromatic carbocycles. The molecule has 0 fully saturated rings. The van der Waals surface area contributed by atoms with Crippen LogP contribution >= 0.6 is 0 Å². The summed E-state index contributed by atoms with van der Waals surface area (Å²) in [6.07, 6.45) is 0. The van der Waals surface area contributed by atoms with Crippen molar-refractivity contribution in [1.82, 2.24) is 0 Å². The van der Waals surface area contributed by atoms with Gasteiger partial charge in [-0.05, 0) is 25.1 Å². The van der Waals surface area contributed by atoms with E-state index in [2.05, 4.69) is 23.2 Å². The van der Waals surface area contributed by atoms with Gasteiger partial charge in [0.05, 0.1) is 23.0 Å². The molecule has 0 amide bonds. The zero-order valence-electron chi connectivity index (χ0n) is 8.25. The van der Waals surface area contributed by atoms with Crippen LogP contribution in [0.1, 0.15) is 12.5 Å². The van der Waals surface area contributed by atoms with E-state index in [9.17, 15) is 0 Å². The lowest BCUT2D eigenvalue weighted by Gasteiger charge is -2.31. The SMILES string of the molecule is CCN1CCNc2cc(C#N)ccc21. The van der Waals surface area contributed by atoms with Crippen molar-refractivity contribution in [2.45, 2.75) is 6.92 Å². The molecule has 0 spiro atoms. The second-order valence-corrected chi connectivity index (χ2v) is 3.35. The quantitative estimate of drug-likeness (QED) is 0.728. The number of hydrogen-bond donors (Lipinski definition) is 1. The van der Waals surface area contributed by atoms with Gasteiger partial charge >= 0.3 is 0 Å². The zero-order valence-corrected chi connectivity index (χ0v) is 8.25. The number of fused-ring (bicyclic) bond motifs is 1. The summed E-state index contributed by atoms with van der Waals surface area (Å²) in [5, 5.41) is 12.1. The Hall–Kier alpha value is -1.69. The first-order valence-electron chi connectivity index (χ1n) is 4.88. The van der Waals surface area contributed by atoms with Gasteiger partial charge in [0, 0.05) is 19.6 Å². The molecule has 1 heterocycles. The molecule has 0 unspecified atom stereocenters. The van der Waals surface area contributed by atoms with Crippen LogP contribution in [0.5, 0.6) is 0 Å². The fourth-order valence-electron chi connectivity index (χ4n) is 1.80. The fraction of sp³-hybridized carbons (Fsp3) is 0.364. The Balaban J connectivity index is 2.42. The van der Waals surface area contributed by atoms with Crippen molar-refractivity contribution in [1.29, 1.82) is 5.26 Å². The summed E-state index contributed by atoms with van der Waals surface area (Å²) in [6, 6.07) is 7.95. The molecular weight excluding hydrogens is 174 g/mol. The van der Waals surface area contributed by atoms with Crippen molar-refractivity contribution in [3.8, 4) is 6.07 Å². The number of nitrogens with zero attached hydrogens (tertiary/aromatic N) is 2. The average Bonchev–Trinajstić information content (AvgIpc) is 2.27. The molecule has 2 rings (SSSR count). The number of nitriles is 1. The lowest BCUT2D eigenvalue weighted by atomic mass is 10.1. The molecular formula is C11H13N3. The highest BCUT2D eigenvalue weighted by molar-refractivity contribution is 5.73. The van der Waals surface area contributed by atoms with Crippen LogP contribution in [0, 0.1) is 11.3 Å². The molecule has 0 atom stereocenters. The number of anilines is 2. The topological polar surface area (TPSA) is 39.1 Å². The molecule has 1 aliphatic heterocycles. The molecule has 3 heteroatoms. The van der Waals surface area contributed by atoms with Crippen molar-refractivity contribution >= 4 is 11.4 Å². The van der Waals surface area contributed by atoms with Crippen LogP contribution in [0.4, 0.5) is 11.4 Å². The molecule has 0 bridgehead atoms. The fourth-order valence-corrected chi connectivity index (χ4v) is 1.80. The Morgan fingerprint density at radius 2 is 2.43 bits per heavy atom. The predicted octanol–water partition coefficient (Wildman–Crippen LogP) is 1.81. The summed E-state index contributed by atoms with van der Waals surface area (Å²) < 4.78 is 0. The number of nitrogens with one attached hydrogen (secondary N) is 1. The lowest BCUT2D eigenvalue weighted by Crippen LogP contribution is -2.33. The molecule has 1 aliphatic rings. The summed E-state index contributed by atoms with van der Waals surface area (Å²) in [5.41, 5.74) is 3.00. The van der Waals surface area contributed by atoms with Crippen molar-refractivity contribution < 1.29 is 0 Å². The van der Waals surface area contributed by atoms with Crippen LogP contribution in [0.3, 0.4) is 0 Å². The van der Waals surface area contributed by atoms with Gasteiger partial charge in [-0.3, -0.25) is 0 Å². The lowest BCUT2D eigenvalue weighted by molar-refractivity contribution is 0.814. The second-order valence-electron chi connectivity index (χ2n) is 3.35. The van der Waals surface area contributed by atoms with Gasteiger partial charge in [-0.2, -0.15) is 5.26 Å². The van der Waals surface area contributed by atoms with Crippen molar-refractivity contribution in [2.75, 3.05) is 29.9 Å². The first kappa shape index (κ1) is 8.89. The van der Waals surface area contributed by atoms with Gasteiger partial charge in [-0.1, -0.05) is 0 Å². The van der Waals surface area contributed by atoms with Crippen molar-refractivity contribution in [3.05, 3.63) is 23.8 Å². The molecule has 0 aromatic heterocycles. The summed E-state index contributed by atoms with van der Waals surface area (Å²) in [6.45, 7) is 5.15. The zero-order chi connectivity index (χ0) is 9.97. The molecule has 0 aliphatic carbocycles. The monoisotopic (exact) mass is 187 g/mol. The second kappa shape index (κ2) is 3.59. The number of benzene rings is 1. The molecule has 0 saturated heterocycles. The van der Waals surface area contributed by atoms with Crippen LogP contribution in [0.2, 0.25) is 0 Å². The van der Waals surface area contributed by atoms with E-state index in [4.69, 9.17) is 5.26 Å². The van der Waals surface area contributed by atoms with E-state index in [-0.39, 0.29) is 0 Å². The van der Waals surface area contributed by atoms with Crippen LogP contribution in [-0.4, -0.2) is 19.6 Å². The van der Waals surface area contributed by atoms with Crippen LogP contribution in [0.15, 0.2) is 18.2 Å². The largest absolute Gasteiger partial charge is 0.382 e. The molecule has 72 valence electrons. The number of rotatable bonds is 1. The molecule has 14 heavy (non-hydrogen) atoms. The average molecular weight is 187 g/mol. The van der Waals surface area contributed by atoms with E-state index >= 15 is 0 Å². The Kier molecular flexibility index (Phi) is 2.28. The van der Waals surface area contributed by atoms with E-state index in [1.165, 1.54) is 5.69 Å². The highest BCUT2D eigenvalue weighted by Gasteiger charge is 2.14. The third-order valence-corrected chi connectivity index (χ3v) is 2.55. The summed E-state index contributed by atoms with van der Waals surface area (Å²) in [5.74, 6) is 0. The first-order valence-corrected chi connectivity index (χ1v) is 4.88. The van der Waals surface area contributed by atoms with E-state index < -0.39 is 0 Å². The number of likely N-dealkylation sites (N-methyl/N-ethyl adjacent to an activating group) is 1. The molecule has 3 nitrogen and oxygen atoms in total. The summed E-state index contributed by atoms with van der Waals surface area (Å²) in [4.78, 5) is 2.31. The van der Waals surface area contributed by atoms with Crippen molar-refractivity contribution in [3.63, 3.8) is 0 Å². The first-order chi connectivity index (χ1) is 6.85. The Morgan fingerprint density at radius 3 is 3.14 bits per heavy atom. The van der Waals surface area contributed by atoms with E-state index in [1.807, 2.05) is 18.2 Å². The Morgan fingerprint density at radius 1 is 1.57 bits per heavy atom. The van der Waals surface area contributed by atoms with E-state index in [1.54, 1.807) is 0 Å². The standard InChI is InChI=1S/C11H13N3/c1-2-14-6-5-13-10-7-9(8-12)3-4-11(10)14/h3-4,7,13H,2,5-6H2,1H3. The smallest absolute Gasteiger partial charge is 0.0992 e. The van der Waals surface area contributed by atoms with Gasteiger partial charge in [0.15, 0.2) is 0 Å². The summed E-state index contributed by atoms with van der Waals surface area (Å²) >= 11 is 0. The third kappa shape index (κ3) is 1.39. The molecule has 0 radical (unpaired) electrons. The highest BCUT2D eigenvalue weighted by Crippen LogP contribution is 2.29. The highest BCUT2D eigenvalue weighted by atomic mass is 15.2. The maximum absolute atomic E-state index is 8.77. The Labute approximate surface area is 84.0 Å². The minimum absolute atomic E-state index is 0.717. The van der Waals surface area contributed by atoms with E-state index in [0.29, 0.717) is 5.56 Å². The molecule has 0 saturated carbocycles. The van der Waals surface area contributed by atoms with Gasteiger partial charge in [0.25, 0.3) is 0 Å². The maximum Gasteiger partial charge on any atom is 0.0992 e. The number of hydrogen-bond acceptors (Lipinski definition) is 3. The van der Waals surface area contributed by atoms with Gasteiger partial charge in [0.1, 0.15) is 0 Å². The predicted molar refractivity (Wildman–Crippen MR) is 57.5 cm³/mol. The van der Waals surface area contributed by atoms with Crippen LogP contribution in [0.25, 0.3) is 0 Å². The minimum Gasteiger partial charge on any atom is -0.382 e. The van der Waals surface area contributed by atoms with Gasteiger partial charge < -0.3 is 10.2 Å². The van der Waals surface area contributed by atoms with Crippen molar-refractivity contribution in [2.24, 2.45) is 0 Å². The van der Waals surface area contributed by atoms with E-state index in [0.717, 1.165) is 25.3 Å². The summed E-state index contributed by atoms with van der Waals surface area (Å²) in [7, 11) is 0. The maximum atomic E-state index is 8.77. The normalized spacial score (nSPS) is 14.1. The van der Waals surface area contributed by atoms with Gasteiger partial charge in [-0.15, -0.1) is 0 Å².